The molecule has 2 rings (SSSR count). The van der Waals surface area contributed by atoms with Crippen LogP contribution in [0.1, 0.15) is 25.3 Å². The molecule has 0 bridgehead atoms. The van der Waals surface area contributed by atoms with Crippen molar-refractivity contribution in [3.05, 3.63) is 35.2 Å². The van der Waals surface area contributed by atoms with Crippen LogP contribution in [0.4, 0.5) is 0 Å². The molecule has 2 heteroatoms. The minimum Gasteiger partial charge on any atom is -0.144 e. The van der Waals surface area contributed by atoms with E-state index < -0.39 is 0 Å². The smallest absolute Gasteiger partial charge is 0.0345 e. The predicted octanol–water partition coefficient (Wildman–Crippen LogP) is 4.85. The van der Waals surface area contributed by atoms with Crippen molar-refractivity contribution in [3.63, 3.8) is 0 Å². The first-order valence-electron chi connectivity index (χ1n) is 5.36. The Kier molecular flexibility index (Phi) is 3.66. The van der Waals surface area contributed by atoms with Crippen LogP contribution >= 0.6 is 22.9 Å². The van der Waals surface area contributed by atoms with Crippen molar-refractivity contribution in [2.45, 2.75) is 31.6 Å². The van der Waals surface area contributed by atoms with Crippen molar-refractivity contribution in [2.24, 2.45) is 0 Å². The predicted molar refractivity (Wildman–Crippen MR) is 70.1 cm³/mol. The van der Waals surface area contributed by atoms with Crippen LogP contribution in [-0.4, -0.2) is 5.38 Å². The van der Waals surface area contributed by atoms with Gasteiger partial charge in [0.05, 0.1) is 0 Å². The summed E-state index contributed by atoms with van der Waals surface area (Å²) in [7, 11) is 0. The van der Waals surface area contributed by atoms with Crippen molar-refractivity contribution in [1.82, 2.24) is 0 Å². The lowest BCUT2D eigenvalue weighted by molar-refractivity contribution is 0.727. The van der Waals surface area contributed by atoms with Crippen LogP contribution in [0, 0.1) is 0 Å². The highest BCUT2D eigenvalue weighted by molar-refractivity contribution is 7.17. The van der Waals surface area contributed by atoms with Gasteiger partial charge in [-0.25, -0.2) is 0 Å². The number of fused-ring (bicyclic) bond motifs is 1. The zero-order chi connectivity index (χ0) is 10.7. The monoisotopic (exact) mass is 238 g/mol. The molecule has 0 radical (unpaired) electrons. The van der Waals surface area contributed by atoms with E-state index in [4.69, 9.17) is 11.6 Å². The van der Waals surface area contributed by atoms with Gasteiger partial charge in [0.2, 0.25) is 0 Å². The summed E-state index contributed by atoms with van der Waals surface area (Å²) in [4.78, 5) is 0. The van der Waals surface area contributed by atoms with Crippen LogP contribution in [0.2, 0.25) is 0 Å². The van der Waals surface area contributed by atoms with E-state index in [0.717, 1.165) is 12.8 Å². The molecule has 0 amide bonds. The second-order valence-corrected chi connectivity index (χ2v) is 5.59. The van der Waals surface area contributed by atoms with Gasteiger partial charge in [-0.3, -0.25) is 0 Å². The maximum atomic E-state index is 5.94. The van der Waals surface area contributed by atoms with Crippen LogP contribution in [0.3, 0.4) is 0 Å². The van der Waals surface area contributed by atoms with Gasteiger partial charge in [0.15, 0.2) is 0 Å². The zero-order valence-corrected chi connectivity index (χ0v) is 10.4. The second-order valence-electron chi connectivity index (χ2n) is 3.93. The molecule has 1 atom stereocenters. The SMILES string of the molecule is CC(Cl)CCCc1csc2ccccc12. The molecule has 0 aliphatic heterocycles. The molecule has 0 saturated carbocycles. The summed E-state index contributed by atoms with van der Waals surface area (Å²) >= 11 is 7.78. The average Bonchev–Trinajstić information content (AvgIpc) is 2.62. The molecule has 0 nitrogen and oxygen atoms in total. The van der Waals surface area contributed by atoms with Crippen molar-refractivity contribution in [2.75, 3.05) is 0 Å². The number of hydrogen-bond donors (Lipinski definition) is 0. The number of alkyl halides is 1. The average molecular weight is 239 g/mol. The molecule has 80 valence electrons. The summed E-state index contributed by atoms with van der Waals surface area (Å²) in [6, 6.07) is 8.62. The standard InChI is InChI=1S/C13H15ClS/c1-10(14)5-4-6-11-9-15-13-8-3-2-7-12(11)13/h2-3,7-10H,4-6H2,1H3. The van der Waals surface area contributed by atoms with Crippen LogP contribution in [0.25, 0.3) is 10.1 Å². The number of hydrogen-bond acceptors (Lipinski definition) is 1. The highest BCUT2D eigenvalue weighted by Gasteiger charge is 2.03. The van der Waals surface area contributed by atoms with Gasteiger partial charge in [-0.1, -0.05) is 18.2 Å². The van der Waals surface area contributed by atoms with E-state index in [1.807, 2.05) is 11.3 Å². The molecule has 0 spiro atoms. The minimum absolute atomic E-state index is 0.301. The summed E-state index contributed by atoms with van der Waals surface area (Å²) in [6.07, 6.45) is 3.44. The lowest BCUT2D eigenvalue weighted by Gasteiger charge is -2.02. The van der Waals surface area contributed by atoms with Gasteiger partial charge in [-0.15, -0.1) is 22.9 Å². The highest BCUT2D eigenvalue weighted by Crippen LogP contribution is 2.27. The zero-order valence-electron chi connectivity index (χ0n) is 8.87. The van der Waals surface area contributed by atoms with Crippen molar-refractivity contribution >= 4 is 33.0 Å². The molecule has 0 N–H and O–H groups in total. The maximum absolute atomic E-state index is 5.94. The fraction of sp³-hybridized carbons (Fsp3) is 0.385. The van der Waals surface area contributed by atoms with Gasteiger partial charge < -0.3 is 0 Å². The molecule has 0 fully saturated rings. The molecular weight excluding hydrogens is 224 g/mol. The maximum Gasteiger partial charge on any atom is 0.0345 e. The third-order valence-corrected chi connectivity index (χ3v) is 3.84. The molecule has 1 unspecified atom stereocenters. The molecule has 0 aliphatic carbocycles. The summed E-state index contributed by atoms with van der Waals surface area (Å²) < 4.78 is 1.39. The quantitative estimate of drug-likeness (QED) is 0.668. The summed E-state index contributed by atoms with van der Waals surface area (Å²) in [5.41, 5.74) is 1.48. The molecule has 1 aromatic heterocycles. The second kappa shape index (κ2) is 5.00. The van der Waals surface area contributed by atoms with Gasteiger partial charge in [-0.2, -0.15) is 0 Å². The van der Waals surface area contributed by atoms with Crippen LogP contribution in [-0.2, 0) is 6.42 Å². The molecule has 0 saturated heterocycles. The minimum atomic E-state index is 0.301. The van der Waals surface area contributed by atoms with Gasteiger partial charge in [0.1, 0.15) is 0 Å². The molecule has 2 aromatic rings. The van der Waals surface area contributed by atoms with E-state index in [9.17, 15) is 0 Å². The summed E-state index contributed by atoms with van der Waals surface area (Å²) in [5.74, 6) is 0. The Labute approximate surface area is 99.9 Å². The van der Waals surface area contributed by atoms with Crippen LogP contribution < -0.4 is 0 Å². The first-order chi connectivity index (χ1) is 7.27. The Hall–Kier alpha value is -0.530. The Bertz CT molecular complexity index is 431. The number of aryl methyl sites for hydroxylation is 1. The lowest BCUT2D eigenvalue weighted by atomic mass is 10.1. The molecular formula is C13H15ClS. The Morgan fingerprint density at radius 1 is 1.33 bits per heavy atom. The van der Waals surface area contributed by atoms with Gasteiger partial charge in [0, 0.05) is 10.1 Å². The van der Waals surface area contributed by atoms with Crippen molar-refractivity contribution in [3.8, 4) is 0 Å². The van der Waals surface area contributed by atoms with Crippen LogP contribution in [0.5, 0.6) is 0 Å². The first-order valence-corrected chi connectivity index (χ1v) is 6.68. The Morgan fingerprint density at radius 2 is 2.13 bits per heavy atom. The van der Waals surface area contributed by atoms with E-state index in [0.29, 0.717) is 5.38 Å². The van der Waals surface area contributed by atoms with E-state index in [1.54, 1.807) is 0 Å². The lowest BCUT2D eigenvalue weighted by Crippen LogP contribution is -1.92. The van der Waals surface area contributed by atoms with E-state index >= 15 is 0 Å². The third-order valence-electron chi connectivity index (χ3n) is 2.61. The normalized spacial score (nSPS) is 13.2. The summed E-state index contributed by atoms with van der Waals surface area (Å²) in [5, 5.41) is 4.00. The van der Waals surface area contributed by atoms with Gasteiger partial charge >= 0.3 is 0 Å². The first kappa shape index (κ1) is 11.0. The summed E-state index contributed by atoms with van der Waals surface area (Å²) in [6.45, 7) is 2.06. The molecule has 1 aromatic carbocycles. The van der Waals surface area contributed by atoms with Crippen molar-refractivity contribution in [1.29, 1.82) is 0 Å². The number of thiophene rings is 1. The van der Waals surface area contributed by atoms with Gasteiger partial charge in [-0.05, 0) is 48.6 Å². The third kappa shape index (κ3) is 2.73. The Balaban J connectivity index is 2.08. The molecule has 0 aliphatic rings. The highest BCUT2D eigenvalue weighted by atomic mass is 35.5. The van der Waals surface area contributed by atoms with Crippen LogP contribution in [0.15, 0.2) is 29.6 Å². The fourth-order valence-corrected chi connectivity index (χ4v) is 2.95. The van der Waals surface area contributed by atoms with E-state index in [-0.39, 0.29) is 0 Å². The molecule has 15 heavy (non-hydrogen) atoms. The van der Waals surface area contributed by atoms with Gasteiger partial charge in [0.25, 0.3) is 0 Å². The van der Waals surface area contributed by atoms with Crippen molar-refractivity contribution < 1.29 is 0 Å². The fourth-order valence-electron chi connectivity index (χ4n) is 1.80. The number of halogens is 1. The van der Waals surface area contributed by atoms with E-state index in [2.05, 4.69) is 36.6 Å². The number of rotatable bonds is 4. The van der Waals surface area contributed by atoms with E-state index in [1.165, 1.54) is 22.1 Å². The Morgan fingerprint density at radius 3 is 2.93 bits per heavy atom. The topological polar surface area (TPSA) is 0 Å². The molecule has 1 heterocycles. The largest absolute Gasteiger partial charge is 0.144 e. The number of benzene rings is 1.